The van der Waals surface area contributed by atoms with Crippen molar-refractivity contribution in [2.24, 2.45) is 0 Å². The Hall–Kier alpha value is -4.39. The summed E-state index contributed by atoms with van der Waals surface area (Å²) >= 11 is 6.90. The van der Waals surface area contributed by atoms with Gasteiger partial charge in [-0.2, -0.15) is 4.98 Å². The third kappa shape index (κ3) is 5.29. The molecule has 228 valence electrons. The van der Waals surface area contributed by atoms with Gasteiger partial charge in [-0.25, -0.2) is 19.3 Å². The van der Waals surface area contributed by atoms with Crippen LogP contribution in [0, 0.1) is 12.7 Å². The Balaban J connectivity index is 1.50. The molecular weight excluding hydrogens is 585 g/mol. The van der Waals surface area contributed by atoms with Crippen molar-refractivity contribution < 1.29 is 14.0 Å². The number of aliphatic hydroxyl groups is 1. The molecule has 1 unspecified atom stereocenters. The number of halogens is 2. The quantitative estimate of drug-likeness (QED) is 0.203. The zero-order valence-electron chi connectivity index (χ0n) is 24.6. The molecule has 11 nitrogen and oxygen atoms in total. The predicted octanol–water partition coefficient (Wildman–Crippen LogP) is 4.97. The molecule has 3 aromatic heterocycles. The molecule has 5 aromatic rings. The number of nitrogens with two attached hydrogens (primary N) is 1. The van der Waals surface area contributed by atoms with Gasteiger partial charge in [-0.1, -0.05) is 29.4 Å². The van der Waals surface area contributed by atoms with Crippen molar-refractivity contribution in [2.75, 3.05) is 35.6 Å². The fourth-order valence-corrected chi connectivity index (χ4v) is 6.18. The molecule has 0 saturated carbocycles. The van der Waals surface area contributed by atoms with Crippen molar-refractivity contribution in [3.05, 3.63) is 71.5 Å². The summed E-state index contributed by atoms with van der Waals surface area (Å²) in [5.74, 6) is 0.986. The third-order valence-electron chi connectivity index (χ3n) is 8.09. The van der Waals surface area contributed by atoms with E-state index in [4.69, 9.17) is 26.8 Å². The minimum absolute atomic E-state index is 0.0488. The van der Waals surface area contributed by atoms with Gasteiger partial charge in [0.1, 0.15) is 23.4 Å². The number of aromatic nitrogens is 5. The van der Waals surface area contributed by atoms with Crippen LogP contribution < -0.4 is 16.0 Å². The molecule has 1 aliphatic rings. The number of nitrogens with one attached hydrogen (secondary N) is 1. The van der Waals surface area contributed by atoms with Gasteiger partial charge in [0.05, 0.1) is 10.4 Å². The summed E-state index contributed by atoms with van der Waals surface area (Å²) in [6.45, 7) is 11.1. The van der Waals surface area contributed by atoms with Crippen LogP contribution in [-0.4, -0.2) is 73.0 Å². The standard InChI is InChI=1S/C31H33ClFN9O2/c1-5-23(43)41-14-18(4)42(15-17(41)3)30-19-13-20(32)25(24-16(2)7-8-21-26(24)29(34)40-44-21)27(33)28(19)38-31(39-30)37-12-9-22-35-10-6-11-36-22/h5-8,10-11,13,17-18,23,43H,1,9,12,14-15H2,2-4H3,(H2,34,40)(H,37,38,39)/t17-,18+,23?/m1/s1. The highest BCUT2D eigenvalue weighted by Gasteiger charge is 2.34. The lowest BCUT2D eigenvalue weighted by Gasteiger charge is -2.46. The highest BCUT2D eigenvalue weighted by atomic mass is 35.5. The molecule has 3 atom stereocenters. The van der Waals surface area contributed by atoms with Gasteiger partial charge in [0.25, 0.3) is 0 Å². The number of hydrogen-bond donors (Lipinski definition) is 3. The summed E-state index contributed by atoms with van der Waals surface area (Å²) in [5, 5.41) is 18.8. The van der Waals surface area contributed by atoms with Crippen LogP contribution in [0.15, 0.2) is 53.8 Å². The molecule has 0 amide bonds. The normalized spacial score (nSPS) is 18.2. The zero-order chi connectivity index (χ0) is 31.1. The predicted molar refractivity (Wildman–Crippen MR) is 170 cm³/mol. The molecule has 0 spiro atoms. The highest BCUT2D eigenvalue weighted by molar-refractivity contribution is 6.35. The van der Waals surface area contributed by atoms with Gasteiger partial charge in [0.2, 0.25) is 5.95 Å². The molecule has 6 rings (SSSR count). The maximum Gasteiger partial charge on any atom is 0.225 e. The summed E-state index contributed by atoms with van der Waals surface area (Å²) in [6.07, 6.45) is 4.62. The Morgan fingerprint density at radius 1 is 1.20 bits per heavy atom. The number of rotatable bonds is 8. The van der Waals surface area contributed by atoms with Gasteiger partial charge in [0.15, 0.2) is 17.2 Å². The molecule has 44 heavy (non-hydrogen) atoms. The lowest BCUT2D eigenvalue weighted by atomic mass is 9.94. The Morgan fingerprint density at radius 3 is 2.73 bits per heavy atom. The third-order valence-corrected chi connectivity index (χ3v) is 8.39. The van der Waals surface area contributed by atoms with E-state index < -0.39 is 12.0 Å². The first-order valence-corrected chi connectivity index (χ1v) is 14.7. The van der Waals surface area contributed by atoms with Crippen LogP contribution in [0.4, 0.5) is 22.0 Å². The van der Waals surface area contributed by atoms with Crippen LogP contribution in [-0.2, 0) is 6.42 Å². The lowest BCUT2D eigenvalue weighted by Crippen LogP contribution is -2.59. The van der Waals surface area contributed by atoms with E-state index in [0.29, 0.717) is 59.6 Å². The first-order chi connectivity index (χ1) is 21.2. The first kappa shape index (κ1) is 29.7. The summed E-state index contributed by atoms with van der Waals surface area (Å²) in [6, 6.07) is 6.88. The maximum absolute atomic E-state index is 16.9. The largest absolute Gasteiger partial charge is 0.380 e. The highest BCUT2D eigenvalue weighted by Crippen LogP contribution is 2.44. The van der Waals surface area contributed by atoms with E-state index in [2.05, 4.69) is 36.9 Å². The van der Waals surface area contributed by atoms with Crippen molar-refractivity contribution in [1.29, 1.82) is 0 Å². The summed E-state index contributed by atoms with van der Waals surface area (Å²) in [4.78, 5) is 22.1. The molecule has 4 heterocycles. The second kappa shape index (κ2) is 11.9. The van der Waals surface area contributed by atoms with Gasteiger partial charge < -0.3 is 25.6 Å². The van der Waals surface area contributed by atoms with E-state index in [1.165, 1.54) is 6.08 Å². The van der Waals surface area contributed by atoms with Gasteiger partial charge in [-0.15, -0.1) is 0 Å². The summed E-state index contributed by atoms with van der Waals surface area (Å²) < 4.78 is 22.2. The Morgan fingerprint density at radius 2 is 1.98 bits per heavy atom. The van der Waals surface area contributed by atoms with Crippen molar-refractivity contribution in [2.45, 2.75) is 45.5 Å². The van der Waals surface area contributed by atoms with Gasteiger partial charge in [-0.3, -0.25) is 4.90 Å². The van der Waals surface area contributed by atoms with E-state index in [1.54, 1.807) is 30.6 Å². The zero-order valence-corrected chi connectivity index (χ0v) is 25.4. The Labute approximate surface area is 258 Å². The van der Waals surface area contributed by atoms with E-state index in [1.807, 2.05) is 31.7 Å². The van der Waals surface area contributed by atoms with Crippen LogP contribution in [0.3, 0.4) is 0 Å². The average Bonchev–Trinajstić information content (AvgIpc) is 3.39. The van der Waals surface area contributed by atoms with Gasteiger partial charge in [0, 0.05) is 67.0 Å². The molecule has 0 aliphatic carbocycles. The molecule has 2 aromatic carbocycles. The Kier molecular flexibility index (Phi) is 8.06. The number of aryl methyl sites for hydroxylation is 1. The van der Waals surface area contributed by atoms with Crippen molar-refractivity contribution >= 4 is 51.1 Å². The van der Waals surface area contributed by atoms with E-state index in [0.717, 1.165) is 5.56 Å². The van der Waals surface area contributed by atoms with Crippen LogP contribution in [0.25, 0.3) is 33.0 Å². The molecule has 0 radical (unpaired) electrons. The molecule has 1 saturated heterocycles. The monoisotopic (exact) mass is 617 g/mol. The van der Waals surface area contributed by atoms with Gasteiger partial charge in [-0.05, 0) is 50.6 Å². The molecule has 0 bridgehead atoms. The number of aliphatic hydroxyl groups excluding tert-OH is 1. The second-order valence-corrected chi connectivity index (χ2v) is 11.5. The molecule has 1 fully saturated rings. The topological polar surface area (TPSA) is 142 Å². The van der Waals surface area contributed by atoms with Crippen molar-refractivity contribution in [3.8, 4) is 11.1 Å². The number of hydrogen-bond acceptors (Lipinski definition) is 11. The summed E-state index contributed by atoms with van der Waals surface area (Å²) in [5.41, 5.74) is 8.10. The first-order valence-electron chi connectivity index (χ1n) is 14.3. The number of fused-ring (bicyclic) bond motifs is 2. The van der Waals surface area contributed by atoms with Crippen LogP contribution in [0.1, 0.15) is 25.2 Å². The number of piperazine rings is 1. The van der Waals surface area contributed by atoms with Crippen LogP contribution in [0.5, 0.6) is 0 Å². The smallest absolute Gasteiger partial charge is 0.225 e. The number of nitrogen functional groups attached to an aromatic ring is 1. The van der Waals surface area contributed by atoms with Crippen LogP contribution in [0.2, 0.25) is 5.02 Å². The Bertz CT molecular complexity index is 1850. The number of anilines is 3. The average molecular weight is 618 g/mol. The maximum atomic E-state index is 16.9. The minimum Gasteiger partial charge on any atom is -0.380 e. The number of benzene rings is 2. The molecule has 4 N–H and O–H groups in total. The van der Waals surface area contributed by atoms with E-state index in [9.17, 15) is 5.11 Å². The molecule has 13 heteroatoms. The number of nitrogens with zero attached hydrogens (tertiary/aromatic N) is 7. The van der Waals surface area contributed by atoms with E-state index in [-0.39, 0.29) is 40.0 Å². The SMILES string of the molecule is C=CC(O)N1C[C@H](C)N(c2nc(NCCc3ncccn3)nc3c(F)c(-c4c(C)ccc5onc(N)c45)c(Cl)cc23)C[C@H]1C. The fraction of sp³-hybridized carbons (Fsp3) is 0.323. The molecular formula is C31H33ClFN9O2. The second-order valence-electron chi connectivity index (χ2n) is 11.1. The van der Waals surface area contributed by atoms with Crippen LogP contribution >= 0.6 is 11.6 Å². The molecule has 1 aliphatic heterocycles. The van der Waals surface area contributed by atoms with Crippen molar-refractivity contribution in [3.63, 3.8) is 0 Å². The lowest BCUT2D eigenvalue weighted by molar-refractivity contribution is 0.0000632. The van der Waals surface area contributed by atoms with E-state index >= 15 is 4.39 Å². The minimum atomic E-state index is -0.778. The van der Waals surface area contributed by atoms with Gasteiger partial charge >= 0.3 is 0 Å². The fourth-order valence-electron chi connectivity index (χ4n) is 5.89. The summed E-state index contributed by atoms with van der Waals surface area (Å²) in [7, 11) is 0. The van der Waals surface area contributed by atoms with Crippen molar-refractivity contribution in [1.82, 2.24) is 30.0 Å².